The summed E-state index contributed by atoms with van der Waals surface area (Å²) in [5, 5.41) is 7.05. The summed E-state index contributed by atoms with van der Waals surface area (Å²) in [5.74, 6) is -0.125. The fraction of sp³-hybridized carbons (Fsp3) is 0.400. The Morgan fingerprint density at radius 3 is 2.76 bits per heavy atom. The normalized spacial score (nSPS) is 15.6. The predicted molar refractivity (Wildman–Crippen MR) is 97.5 cm³/mol. The number of aromatic nitrogens is 3. The van der Waals surface area contributed by atoms with Crippen molar-refractivity contribution in [3.05, 3.63) is 53.6 Å². The van der Waals surface area contributed by atoms with Crippen molar-refractivity contribution in [1.29, 1.82) is 0 Å². The largest absolute Gasteiger partial charge is 0.441 e. The molecule has 9 heteroatoms. The van der Waals surface area contributed by atoms with E-state index in [9.17, 15) is 13.6 Å². The van der Waals surface area contributed by atoms with Gasteiger partial charge >= 0.3 is 0 Å². The molecule has 2 heterocycles. The average molecular weight is 402 g/mol. The lowest BCUT2D eigenvalue weighted by molar-refractivity contribution is -0.123. The minimum atomic E-state index is -0.732. The first kappa shape index (κ1) is 19.2. The highest BCUT2D eigenvalue weighted by molar-refractivity contribution is 5.77. The average Bonchev–Trinajstić information content (AvgIpc) is 3.41. The van der Waals surface area contributed by atoms with E-state index in [2.05, 4.69) is 20.4 Å². The van der Waals surface area contributed by atoms with E-state index >= 15 is 0 Å². The molecule has 2 aromatic heterocycles. The first-order chi connectivity index (χ1) is 13.9. The zero-order valence-corrected chi connectivity index (χ0v) is 15.9. The molecule has 1 fully saturated rings. The van der Waals surface area contributed by atoms with Crippen molar-refractivity contribution in [1.82, 2.24) is 20.4 Å². The van der Waals surface area contributed by atoms with Crippen LogP contribution in [0.5, 0.6) is 0 Å². The van der Waals surface area contributed by atoms with Gasteiger partial charge in [0.1, 0.15) is 17.2 Å². The third kappa shape index (κ3) is 4.03. The molecule has 0 radical (unpaired) electrons. The first-order valence-corrected chi connectivity index (χ1v) is 9.47. The van der Waals surface area contributed by atoms with Gasteiger partial charge in [-0.25, -0.2) is 13.8 Å². The Morgan fingerprint density at radius 1 is 1.28 bits per heavy atom. The van der Waals surface area contributed by atoms with Crippen LogP contribution in [0.15, 0.2) is 33.3 Å². The van der Waals surface area contributed by atoms with Gasteiger partial charge in [0.25, 0.3) is 0 Å². The van der Waals surface area contributed by atoms with E-state index < -0.39 is 17.2 Å². The molecule has 1 aromatic carbocycles. The van der Waals surface area contributed by atoms with Crippen molar-refractivity contribution in [3.8, 4) is 11.3 Å². The topological polar surface area (TPSA) is 94.1 Å². The molecule has 3 aromatic rings. The van der Waals surface area contributed by atoms with Gasteiger partial charge in [-0.2, -0.15) is 4.98 Å². The number of rotatable bonds is 6. The Balaban J connectivity index is 1.40. The zero-order chi connectivity index (χ0) is 20.4. The fourth-order valence-corrected chi connectivity index (χ4v) is 3.67. The summed E-state index contributed by atoms with van der Waals surface area (Å²) in [6.45, 7) is 1.71. The summed E-state index contributed by atoms with van der Waals surface area (Å²) in [5.41, 5.74) is -0.486. The van der Waals surface area contributed by atoms with E-state index in [1.54, 1.807) is 6.92 Å². The number of benzene rings is 1. The number of hydrogen-bond acceptors (Lipinski definition) is 6. The lowest BCUT2D eigenvalue weighted by Crippen LogP contribution is -2.44. The van der Waals surface area contributed by atoms with Crippen LogP contribution in [-0.4, -0.2) is 21.0 Å². The molecule has 1 amide bonds. The van der Waals surface area contributed by atoms with Gasteiger partial charge in [0, 0.05) is 25.8 Å². The molecule has 1 aliphatic carbocycles. The van der Waals surface area contributed by atoms with Crippen molar-refractivity contribution < 1.29 is 22.5 Å². The van der Waals surface area contributed by atoms with Crippen LogP contribution in [0.25, 0.3) is 11.3 Å². The second-order valence-electron chi connectivity index (χ2n) is 7.22. The smallest absolute Gasteiger partial charge is 0.223 e. The zero-order valence-electron chi connectivity index (χ0n) is 15.9. The van der Waals surface area contributed by atoms with Crippen molar-refractivity contribution in [2.24, 2.45) is 0 Å². The fourth-order valence-electron chi connectivity index (χ4n) is 3.67. The molecule has 0 bridgehead atoms. The molecule has 29 heavy (non-hydrogen) atoms. The van der Waals surface area contributed by atoms with Gasteiger partial charge < -0.3 is 14.3 Å². The van der Waals surface area contributed by atoms with E-state index in [0.29, 0.717) is 17.6 Å². The highest BCUT2D eigenvalue weighted by Crippen LogP contribution is 2.37. The van der Waals surface area contributed by atoms with Crippen molar-refractivity contribution in [2.45, 2.75) is 51.0 Å². The number of aryl methyl sites for hydroxylation is 2. The van der Waals surface area contributed by atoms with E-state index in [1.165, 1.54) is 12.3 Å². The molecule has 1 saturated carbocycles. The minimum absolute atomic E-state index is 0.118. The molecule has 4 rings (SSSR count). The number of oxazole rings is 1. The van der Waals surface area contributed by atoms with E-state index in [-0.39, 0.29) is 30.1 Å². The summed E-state index contributed by atoms with van der Waals surface area (Å²) in [6, 6.07) is 3.22. The number of amides is 1. The van der Waals surface area contributed by atoms with Crippen LogP contribution in [0.3, 0.4) is 0 Å². The SMILES string of the molecule is Cc1nc(C2(NC(=O)CCc3ncc(-c4ccc(F)cc4F)o3)CCCC2)no1. The third-order valence-corrected chi connectivity index (χ3v) is 5.11. The van der Waals surface area contributed by atoms with Crippen LogP contribution in [0.4, 0.5) is 8.78 Å². The van der Waals surface area contributed by atoms with Gasteiger partial charge in [-0.15, -0.1) is 0 Å². The van der Waals surface area contributed by atoms with Gasteiger partial charge in [0.2, 0.25) is 11.8 Å². The lowest BCUT2D eigenvalue weighted by Gasteiger charge is -2.26. The summed E-state index contributed by atoms with van der Waals surface area (Å²) in [7, 11) is 0. The summed E-state index contributed by atoms with van der Waals surface area (Å²) in [6.07, 6.45) is 5.21. The van der Waals surface area contributed by atoms with Gasteiger partial charge in [0.15, 0.2) is 17.5 Å². The molecule has 1 N–H and O–H groups in total. The number of hydrogen-bond donors (Lipinski definition) is 1. The molecular weight excluding hydrogens is 382 g/mol. The van der Waals surface area contributed by atoms with Crippen LogP contribution in [0.1, 0.15) is 49.7 Å². The van der Waals surface area contributed by atoms with Gasteiger partial charge in [-0.05, 0) is 25.0 Å². The van der Waals surface area contributed by atoms with E-state index in [0.717, 1.165) is 37.8 Å². The van der Waals surface area contributed by atoms with Crippen molar-refractivity contribution in [3.63, 3.8) is 0 Å². The summed E-state index contributed by atoms with van der Waals surface area (Å²) in [4.78, 5) is 21.0. The number of carbonyl (C=O) groups excluding carboxylic acids is 1. The highest BCUT2D eigenvalue weighted by Gasteiger charge is 2.41. The van der Waals surface area contributed by atoms with Gasteiger partial charge in [-0.1, -0.05) is 18.0 Å². The molecule has 0 atom stereocenters. The summed E-state index contributed by atoms with van der Waals surface area (Å²) < 4.78 is 37.5. The second kappa shape index (κ2) is 7.73. The number of nitrogens with zero attached hydrogens (tertiary/aromatic N) is 3. The van der Waals surface area contributed by atoms with Crippen LogP contribution in [0.2, 0.25) is 0 Å². The van der Waals surface area contributed by atoms with Gasteiger partial charge in [0.05, 0.1) is 11.8 Å². The lowest BCUT2D eigenvalue weighted by atomic mass is 9.96. The Kier molecular flexibility index (Phi) is 5.12. The molecule has 7 nitrogen and oxygen atoms in total. The minimum Gasteiger partial charge on any atom is -0.441 e. The Labute approximate surface area is 165 Å². The predicted octanol–water partition coefficient (Wildman–Crippen LogP) is 3.83. The molecule has 0 saturated heterocycles. The van der Waals surface area contributed by atoms with Crippen molar-refractivity contribution in [2.75, 3.05) is 0 Å². The number of halogens is 2. The monoisotopic (exact) mass is 402 g/mol. The van der Waals surface area contributed by atoms with E-state index in [4.69, 9.17) is 8.94 Å². The molecule has 0 unspecified atom stereocenters. The molecular formula is C20H20F2N4O3. The molecule has 1 aliphatic rings. The summed E-state index contributed by atoms with van der Waals surface area (Å²) >= 11 is 0. The van der Waals surface area contributed by atoms with Crippen LogP contribution < -0.4 is 5.32 Å². The van der Waals surface area contributed by atoms with Crippen molar-refractivity contribution >= 4 is 5.91 Å². The number of carbonyl (C=O) groups is 1. The highest BCUT2D eigenvalue weighted by atomic mass is 19.1. The molecule has 0 spiro atoms. The Bertz CT molecular complexity index is 1020. The van der Waals surface area contributed by atoms with E-state index in [1.807, 2.05) is 0 Å². The number of nitrogens with one attached hydrogen (secondary N) is 1. The molecule has 0 aliphatic heterocycles. The third-order valence-electron chi connectivity index (χ3n) is 5.11. The molecule has 152 valence electrons. The maximum atomic E-state index is 13.9. The first-order valence-electron chi connectivity index (χ1n) is 9.47. The van der Waals surface area contributed by atoms with Gasteiger partial charge in [-0.3, -0.25) is 4.79 Å². The van der Waals surface area contributed by atoms with Crippen LogP contribution >= 0.6 is 0 Å². The second-order valence-corrected chi connectivity index (χ2v) is 7.22. The maximum Gasteiger partial charge on any atom is 0.223 e. The van der Waals surface area contributed by atoms with Crippen LogP contribution in [-0.2, 0) is 16.8 Å². The quantitative estimate of drug-likeness (QED) is 0.673. The maximum absolute atomic E-state index is 13.9. The Morgan fingerprint density at radius 2 is 2.07 bits per heavy atom. The Hall–Kier alpha value is -3.10. The standard InChI is InChI=1S/C20H20F2N4O3/c1-12-24-19(26-29-12)20(8-2-3-9-20)25-17(27)6-7-18-23-11-16(28-18)14-5-4-13(21)10-15(14)22/h4-5,10-11H,2-3,6-9H2,1H3,(H,25,27). The van der Waals surface area contributed by atoms with Crippen LogP contribution in [0, 0.1) is 18.6 Å².